The van der Waals surface area contributed by atoms with Crippen molar-refractivity contribution in [1.82, 2.24) is 0 Å². The van der Waals surface area contributed by atoms with Gasteiger partial charge in [-0.1, -0.05) is 79.4 Å². The normalized spacial score (nSPS) is 10.7. The Labute approximate surface area is 352 Å². The standard InChI is InChI=1S/C53H47N3O4/c1-6-51(57)37-59-52-30-28-44(29-31-52)55(46-15-9-13-40(5)33-46)48-17-11-19-50(35-48)56(42-24-20-38(3)21-25-42)49-18-10-16-47(34-49)54(45-14-8-12-39(4)32-45)43-26-22-41(23-27-43)36-60-53(58)7-2/h6-35H,1-2,36-37H2,3-5H3. The molecule has 7 heteroatoms. The highest BCUT2D eigenvalue weighted by atomic mass is 16.5. The molecule has 0 aliphatic heterocycles. The molecule has 0 aromatic heterocycles. The van der Waals surface area contributed by atoms with Gasteiger partial charge in [-0.15, -0.1) is 0 Å². The van der Waals surface area contributed by atoms with Crippen molar-refractivity contribution in [3.05, 3.63) is 217 Å². The highest BCUT2D eigenvalue weighted by Crippen LogP contribution is 2.43. The number of carbonyl (C=O) groups is 2. The Morgan fingerprint density at radius 2 is 0.867 bits per heavy atom. The molecule has 0 atom stereocenters. The summed E-state index contributed by atoms with van der Waals surface area (Å²) in [7, 11) is 0. The Morgan fingerprint density at radius 1 is 0.467 bits per heavy atom. The highest BCUT2D eigenvalue weighted by Gasteiger charge is 2.20. The van der Waals surface area contributed by atoms with Crippen molar-refractivity contribution in [3.63, 3.8) is 0 Å². The summed E-state index contributed by atoms with van der Waals surface area (Å²) in [6, 6.07) is 58.4. The van der Waals surface area contributed by atoms with Gasteiger partial charge in [-0.05, 0) is 153 Å². The van der Waals surface area contributed by atoms with E-state index in [1.54, 1.807) is 0 Å². The summed E-state index contributed by atoms with van der Waals surface area (Å²) in [5, 5.41) is 0. The third-order valence-electron chi connectivity index (χ3n) is 9.95. The first-order valence-electron chi connectivity index (χ1n) is 19.8. The van der Waals surface area contributed by atoms with Gasteiger partial charge in [-0.3, -0.25) is 4.79 Å². The molecule has 0 aliphatic rings. The quantitative estimate of drug-likeness (QED) is 0.0713. The van der Waals surface area contributed by atoms with Crippen molar-refractivity contribution in [2.75, 3.05) is 21.3 Å². The molecule has 0 N–H and O–H groups in total. The number of ketones is 1. The summed E-state index contributed by atoms with van der Waals surface area (Å²) in [4.78, 5) is 30.3. The fourth-order valence-corrected chi connectivity index (χ4v) is 6.97. The maximum atomic E-state index is 11.8. The lowest BCUT2D eigenvalue weighted by molar-refractivity contribution is -0.139. The van der Waals surface area contributed by atoms with E-state index in [0.717, 1.165) is 67.9 Å². The van der Waals surface area contributed by atoms with Gasteiger partial charge in [0, 0.05) is 57.3 Å². The maximum Gasteiger partial charge on any atom is 0.330 e. The average Bonchev–Trinajstić information content (AvgIpc) is 3.27. The van der Waals surface area contributed by atoms with Crippen LogP contribution in [0, 0.1) is 20.8 Å². The lowest BCUT2D eigenvalue weighted by Gasteiger charge is -2.31. The van der Waals surface area contributed by atoms with E-state index in [1.807, 2.05) is 48.5 Å². The van der Waals surface area contributed by atoms with Gasteiger partial charge < -0.3 is 24.2 Å². The molecule has 7 nitrogen and oxygen atoms in total. The summed E-state index contributed by atoms with van der Waals surface area (Å²) in [6.07, 6.45) is 2.44. The van der Waals surface area contributed by atoms with E-state index in [9.17, 15) is 9.59 Å². The van der Waals surface area contributed by atoms with Gasteiger partial charge in [-0.25, -0.2) is 4.79 Å². The number of nitrogens with zero attached hydrogens (tertiary/aromatic N) is 3. The van der Waals surface area contributed by atoms with Crippen LogP contribution in [0.2, 0.25) is 0 Å². The molecule has 7 aromatic rings. The Bertz CT molecular complexity index is 2460. The molecule has 0 amide bonds. The summed E-state index contributed by atoms with van der Waals surface area (Å²) in [6.45, 7) is 13.4. The number of anilines is 9. The number of hydrogen-bond donors (Lipinski definition) is 0. The lowest BCUT2D eigenvalue weighted by Crippen LogP contribution is -2.14. The van der Waals surface area contributed by atoms with Crippen LogP contribution in [0.3, 0.4) is 0 Å². The van der Waals surface area contributed by atoms with Crippen molar-refractivity contribution >= 4 is 62.9 Å². The van der Waals surface area contributed by atoms with Crippen LogP contribution >= 0.6 is 0 Å². The van der Waals surface area contributed by atoms with E-state index in [1.165, 1.54) is 17.7 Å². The molecule has 7 aromatic carbocycles. The first-order chi connectivity index (χ1) is 29.2. The van der Waals surface area contributed by atoms with Crippen LogP contribution in [0.1, 0.15) is 22.3 Å². The number of rotatable bonds is 16. The molecule has 0 bridgehead atoms. The van der Waals surface area contributed by atoms with E-state index >= 15 is 0 Å². The number of benzene rings is 7. The fourth-order valence-electron chi connectivity index (χ4n) is 6.97. The second-order valence-corrected chi connectivity index (χ2v) is 14.5. The van der Waals surface area contributed by atoms with Crippen molar-refractivity contribution in [2.24, 2.45) is 0 Å². The largest absolute Gasteiger partial charge is 0.485 e. The minimum absolute atomic E-state index is 0.0629. The second kappa shape index (κ2) is 18.7. The van der Waals surface area contributed by atoms with Gasteiger partial charge in [0.1, 0.15) is 12.4 Å². The minimum atomic E-state index is -0.456. The topological polar surface area (TPSA) is 62.3 Å². The van der Waals surface area contributed by atoms with Gasteiger partial charge >= 0.3 is 5.97 Å². The van der Waals surface area contributed by atoms with E-state index in [-0.39, 0.29) is 19.0 Å². The Kier molecular flexibility index (Phi) is 12.7. The average molecular weight is 790 g/mol. The van der Waals surface area contributed by atoms with Crippen molar-refractivity contribution in [2.45, 2.75) is 27.4 Å². The number of hydrogen-bond acceptors (Lipinski definition) is 7. The SMILES string of the molecule is C=CC(=O)COc1ccc(N(c2cccc(C)c2)c2cccc(N(c3ccc(C)cc3)c3cccc(N(c4ccc(COC(=O)C=C)cc4)c4cccc(C)c4)c3)c2)cc1. The van der Waals surface area contributed by atoms with Gasteiger partial charge in [0.2, 0.25) is 0 Å². The molecule has 7 rings (SSSR count). The molecule has 0 heterocycles. The molecule has 0 fully saturated rings. The van der Waals surface area contributed by atoms with Crippen LogP contribution in [-0.4, -0.2) is 18.4 Å². The third kappa shape index (κ3) is 9.72. The first kappa shape index (κ1) is 40.6. The highest BCUT2D eigenvalue weighted by molar-refractivity contribution is 5.90. The molecule has 0 saturated heterocycles. The van der Waals surface area contributed by atoms with E-state index in [2.05, 4.69) is 170 Å². The summed E-state index contributed by atoms with van der Waals surface area (Å²) in [5.41, 5.74) is 13.1. The molecule has 0 unspecified atom stereocenters. The molecule has 0 radical (unpaired) electrons. The molecular formula is C53H47N3O4. The van der Waals surface area contributed by atoms with Crippen LogP contribution in [-0.2, 0) is 20.9 Å². The van der Waals surface area contributed by atoms with Crippen LogP contribution in [0.15, 0.2) is 195 Å². The van der Waals surface area contributed by atoms with Crippen molar-refractivity contribution in [3.8, 4) is 5.75 Å². The molecule has 0 spiro atoms. The Morgan fingerprint density at radius 3 is 1.28 bits per heavy atom. The molecule has 298 valence electrons. The van der Waals surface area contributed by atoms with Gasteiger partial charge in [0.05, 0.1) is 0 Å². The zero-order chi connectivity index (χ0) is 42.0. The number of aryl methyl sites for hydroxylation is 3. The molecule has 0 saturated carbocycles. The number of ether oxygens (including phenoxy) is 2. The van der Waals surface area contributed by atoms with E-state index in [0.29, 0.717) is 5.75 Å². The first-order valence-corrected chi connectivity index (χ1v) is 19.8. The monoisotopic (exact) mass is 789 g/mol. The number of carbonyl (C=O) groups excluding carboxylic acids is 2. The maximum absolute atomic E-state index is 11.8. The Hall–Kier alpha value is -7.64. The van der Waals surface area contributed by atoms with Crippen LogP contribution in [0.4, 0.5) is 51.2 Å². The predicted molar refractivity (Wildman–Crippen MR) is 245 cm³/mol. The predicted octanol–water partition coefficient (Wildman–Crippen LogP) is 13.4. The minimum Gasteiger partial charge on any atom is -0.485 e. The molecule has 60 heavy (non-hydrogen) atoms. The fraction of sp³-hybridized carbons (Fsp3) is 0.0943. The van der Waals surface area contributed by atoms with Crippen LogP contribution in [0.25, 0.3) is 0 Å². The zero-order valence-corrected chi connectivity index (χ0v) is 34.1. The van der Waals surface area contributed by atoms with Crippen LogP contribution in [0.5, 0.6) is 5.75 Å². The summed E-state index contributed by atoms with van der Waals surface area (Å²) >= 11 is 0. The van der Waals surface area contributed by atoms with E-state index < -0.39 is 5.97 Å². The molecular weight excluding hydrogens is 743 g/mol. The number of esters is 1. The van der Waals surface area contributed by atoms with Crippen molar-refractivity contribution < 1.29 is 19.1 Å². The smallest absolute Gasteiger partial charge is 0.330 e. The van der Waals surface area contributed by atoms with Gasteiger partial charge in [-0.2, -0.15) is 0 Å². The molecule has 0 aliphatic carbocycles. The Balaban J connectivity index is 1.32. The zero-order valence-electron chi connectivity index (χ0n) is 34.1. The summed E-state index contributed by atoms with van der Waals surface area (Å²) < 4.78 is 11.0. The van der Waals surface area contributed by atoms with Gasteiger partial charge in [0.15, 0.2) is 12.4 Å². The van der Waals surface area contributed by atoms with Crippen LogP contribution < -0.4 is 19.4 Å². The van der Waals surface area contributed by atoms with Crippen molar-refractivity contribution in [1.29, 1.82) is 0 Å². The van der Waals surface area contributed by atoms with Gasteiger partial charge in [0.25, 0.3) is 0 Å². The third-order valence-corrected chi connectivity index (χ3v) is 9.95. The lowest BCUT2D eigenvalue weighted by atomic mass is 10.1. The second-order valence-electron chi connectivity index (χ2n) is 14.5. The van der Waals surface area contributed by atoms with E-state index in [4.69, 9.17) is 9.47 Å². The summed E-state index contributed by atoms with van der Waals surface area (Å²) in [5.74, 6) is -0.0343.